The fourth-order valence-electron chi connectivity index (χ4n) is 2.78. The van der Waals surface area contributed by atoms with Gasteiger partial charge in [-0.15, -0.1) is 0 Å². The first-order chi connectivity index (χ1) is 11.3. The van der Waals surface area contributed by atoms with Gasteiger partial charge < -0.3 is 15.4 Å². The van der Waals surface area contributed by atoms with Gasteiger partial charge in [-0.3, -0.25) is 4.79 Å². The van der Waals surface area contributed by atoms with Crippen molar-refractivity contribution < 1.29 is 9.53 Å². The fraction of sp³-hybridized carbons (Fsp3) is 0.316. The van der Waals surface area contributed by atoms with Gasteiger partial charge in [0, 0.05) is 18.8 Å². The highest BCUT2D eigenvalue weighted by molar-refractivity contribution is 6.00. The van der Waals surface area contributed by atoms with E-state index in [-0.39, 0.29) is 5.91 Å². The topological polar surface area (TPSA) is 50.4 Å². The van der Waals surface area contributed by atoms with Crippen LogP contribution >= 0.6 is 0 Å². The maximum atomic E-state index is 12.4. The van der Waals surface area contributed by atoms with E-state index in [1.165, 1.54) is 0 Å². The Bertz CT molecular complexity index is 637. The summed E-state index contributed by atoms with van der Waals surface area (Å²) in [5, 5.41) is 6.29. The minimum atomic E-state index is -0.0537. The molecule has 120 valence electrons. The van der Waals surface area contributed by atoms with Gasteiger partial charge in [0.1, 0.15) is 0 Å². The summed E-state index contributed by atoms with van der Waals surface area (Å²) in [4.78, 5) is 12.4. The minimum Gasteiger partial charge on any atom is -0.378 e. The molecule has 0 bridgehead atoms. The normalized spacial score (nSPS) is 17.0. The number of anilines is 2. The summed E-state index contributed by atoms with van der Waals surface area (Å²) in [6, 6.07) is 17.4. The van der Waals surface area contributed by atoms with E-state index in [9.17, 15) is 4.79 Å². The predicted molar refractivity (Wildman–Crippen MR) is 92.1 cm³/mol. The number of amides is 1. The molecule has 1 aliphatic rings. The predicted octanol–water partition coefficient (Wildman–Crippen LogP) is 3.73. The number of rotatable bonds is 6. The number of hydrogen-bond donors (Lipinski definition) is 2. The van der Waals surface area contributed by atoms with Crippen LogP contribution in [0.25, 0.3) is 0 Å². The molecule has 4 nitrogen and oxygen atoms in total. The number of nitrogens with one attached hydrogen (secondary N) is 2. The zero-order valence-corrected chi connectivity index (χ0v) is 13.1. The van der Waals surface area contributed by atoms with Gasteiger partial charge in [0.15, 0.2) is 0 Å². The molecule has 0 aliphatic carbocycles. The van der Waals surface area contributed by atoms with E-state index in [0.29, 0.717) is 18.2 Å². The Labute approximate surface area is 136 Å². The van der Waals surface area contributed by atoms with E-state index in [2.05, 4.69) is 10.6 Å². The lowest BCUT2D eigenvalue weighted by Crippen LogP contribution is -2.27. The highest BCUT2D eigenvalue weighted by Gasteiger charge is 2.16. The van der Waals surface area contributed by atoms with Crippen molar-refractivity contribution in [3.8, 4) is 0 Å². The zero-order chi connectivity index (χ0) is 15.9. The summed E-state index contributed by atoms with van der Waals surface area (Å²) in [5.41, 5.74) is 2.43. The quantitative estimate of drug-likeness (QED) is 0.855. The Morgan fingerprint density at radius 3 is 2.65 bits per heavy atom. The third-order valence-corrected chi connectivity index (χ3v) is 4.00. The van der Waals surface area contributed by atoms with Gasteiger partial charge >= 0.3 is 0 Å². The van der Waals surface area contributed by atoms with E-state index in [0.717, 1.165) is 37.2 Å². The third-order valence-electron chi connectivity index (χ3n) is 4.00. The molecule has 1 aliphatic heterocycles. The molecule has 2 aromatic carbocycles. The third kappa shape index (κ3) is 4.33. The number of carbonyl (C=O) groups is 1. The Hall–Kier alpha value is -2.33. The molecule has 23 heavy (non-hydrogen) atoms. The van der Waals surface area contributed by atoms with E-state index < -0.39 is 0 Å². The van der Waals surface area contributed by atoms with Crippen molar-refractivity contribution in [2.45, 2.75) is 25.4 Å². The summed E-state index contributed by atoms with van der Waals surface area (Å²) < 4.78 is 5.58. The molecule has 1 atom stereocenters. The average molecular weight is 310 g/mol. The zero-order valence-electron chi connectivity index (χ0n) is 13.1. The molecule has 2 N–H and O–H groups in total. The van der Waals surface area contributed by atoms with Crippen molar-refractivity contribution >= 4 is 17.3 Å². The number of para-hydroxylation sites is 2. The molecule has 0 aromatic heterocycles. The van der Waals surface area contributed by atoms with Crippen molar-refractivity contribution in [2.24, 2.45) is 0 Å². The van der Waals surface area contributed by atoms with Gasteiger partial charge in [-0.2, -0.15) is 0 Å². The van der Waals surface area contributed by atoms with Gasteiger partial charge in [-0.05, 0) is 43.5 Å². The summed E-state index contributed by atoms with van der Waals surface area (Å²) in [7, 11) is 0. The lowest BCUT2D eigenvalue weighted by Gasteiger charge is -2.13. The van der Waals surface area contributed by atoms with Crippen LogP contribution in [0.1, 0.15) is 29.6 Å². The van der Waals surface area contributed by atoms with Gasteiger partial charge in [-0.25, -0.2) is 0 Å². The van der Waals surface area contributed by atoms with Crippen molar-refractivity contribution in [3.05, 3.63) is 60.2 Å². The second-order valence-corrected chi connectivity index (χ2v) is 5.72. The Balaban J connectivity index is 1.61. The lowest BCUT2D eigenvalue weighted by molar-refractivity contribution is 0.0908. The molecule has 0 spiro atoms. The maximum Gasteiger partial charge on any atom is 0.253 e. The van der Waals surface area contributed by atoms with E-state index in [1.807, 2.05) is 54.6 Å². The first-order valence-electron chi connectivity index (χ1n) is 8.14. The monoisotopic (exact) mass is 310 g/mol. The average Bonchev–Trinajstić information content (AvgIpc) is 3.09. The highest BCUT2D eigenvalue weighted by Crippen LogP contribution is 2.21. The molecular formula is C19H22N2O2. The number of ether oxygens (including phenoxy) is 1. The highest BCUT2D eigenvalue weighted by atomic mass is 16.5. The standard InChI is InChI=1S/C19H22N2O2/c22-19(20-13-12-16-9-6-14-23-16)17-10-4-5-11-18(17)21-15-7-2-1-3-8-15/h1-5,7-8,10-11,16,21H,6,9,12-14H2,(H,20,22). The van der Waals surface area contributed by atoms with Crippen LogP contribution in [0.2, 0.25) is 0 Å². The molecule has 1 unspecified atom stereocenters. The molecule has 1 heterocycles. The van der Waals surface area contributed by atoms with Crippen LogP contribution in [0.15, 0.2) is 54.6 Å². The van der Waals surface area contributed by atoms with Crippen molar-refractivity contribution in [1.82, 2.24) is 5.32 Å². The second kappa shape index (κ2) is 7.79. The van der Waals surface area contributed by atoms with E-state index in [4.69, 9.17) is 4.74 Å². The van der Waals surface area contributed by atoms with Gasteiger partial charge in [0.25, 0.3) is 5.91 Å². The van der Waals surface area contributed by atoms with Crippen LogP contribution in [-0.4, -0.2) is 25.2 Å². The van der Waals surface area contributed by atoms with Crippen LogP contribution in [0.3, 0.4) is 0 Å². The maximum absolute atomic E-state index is 12.4. The number of carbonyl (C=O) groups excluding carboxylic acids is 1. The van der Waals surface area contributed by atoms with Crippen LogP contribution in [-0.2, 0) is 4.74 Å². The molecule has 0 saturated carbocycles. The minimum absolute atomic E-state index is 0.0537. The van der Waals surface area contributed by atoms with E-state index in [1.54, 1.807) is 0 Å². The molecule has 2 aromatic rings. The second-order valence-electron chi connectivity index (χ2n) is 5.72. The summed E-state index contributed by atoms with van der Waals surface area (Å²) >= 11 is 0. The summed E-state index contributed by atoms with van der Waals surface area (Å²) in [6.45, 7) is 1.49. The summed E-state index contributed by atoms with van der Waals surface area (Å²) in [5.74, 6) is -0.0537. The Morgan fingerprint density at radius 1 is 1.09 bits per heavy atom. The number of hydrogen-bond acceptors (Lipinski definition) is 3. The SMILES string of the molecule is O=C(NCCC1CCCO1)c1ccccc1Nc1ccccc1. The molecule has 0 radical (unpaired) electrons. The van der Waals surface area contributed by atoms with Crippen LogP contribution < -0.4 is 10.6 Å². The summed E-state index contributed by atoms with van der Waals surface area (Å²) in [6.07, 6.45) is 3.40. The first-order valence-corrected chi connectivity index (χ1v) is 8.14. The fourth-order valence-corrected chi connectivity index (χ4v) is 2.78. The largest absolute Gasteiger partial charge is 0.378 e. The molecular weight excluding hydrogens is 288 g/mol. The van der Waals surface area contributed by atoms with E-state index >= 15 is 0 Å². The molecule has 1 amide bonds. The Morgan fingerprint density at radius 2 is 1.87 bits per heavy atom. The first kappa shape index (κ1) is 15.6. The van der Waals surface area contributed by atoms with Crippen molar-refractivity contribution in [3.63, 3.8) is 0 Å². The molecule has 1 fully saturated rings. The van der Waals surface area contributed by atoms with Gasteiger partial charge in [0.2, 0.25) is 0 Å². The van der Waals surface area contributed by atoms with Crippen LogP contribution in [0.4, 0.5) is 11.4 Å². The lowest BCUT2D eigenvalue weighted by atomic mass is 10.1. The van der Waals surface area contributed by atoms with Crippen molar-refractivity contribution in [1.29, 1.82) is 0 Å². The van der Waals surface area contributed by atoms with Crippen LogP contribution in [0, 0.1) is 0 Å². The van der Waals surface area contributed by atoms with Gasteiger partial charge in [0.05, 0.1) is 17.4 Å². The van der Waals surface area contributed by atoms with Crippen LogP contribution in [0.5, 0.6) is 0 Å². The number of benzene rings is 2. The molecule has 3 rings (SSSR count). The van der Waals surface area contributed by atoms with Crippen molar-refractivity contribution in [2.75, 3.05) is 18.5 Å². The molecule has 4 heteroatoms. The smallest absolute Gasteiger partial charge is 0.253 e. The van der Waals surface area contributed by atoms with Gasteiger partial charge in [-0.1, -0.05) is 30.3 Å². The Kier molecular flexibility index (Phi) is 5.27. The molecule has 1 saturated heterocycles.